The van der Waals surface area contributed by atoms with E-state index in [0.29, 0.717) is 13.1 Å². The van der Waals surface area contributed by atoms with E-state index in [2.05, 4.69) is 0 Å². The lowest BCUT2D eigenvalue weighted by Crippen LogP contribution is -2.46. The van der Waals surface area contributed by atoms with Crippen molar-refractivity contribution in [1.82, 2.24) is 4.31 Å². The zero-order chi connectivity index (χ0) is 12.2. The second kappa shape index (κ2) is 5.60. The fourth-order valence-corrected chi connectivity index (χ4v) is 3.35. The molecule has 1 aliphatic rings. The van der Waals surface area contributed by atoms with Crippen LogP contribution in [0, 0.1) is 0 Å². The van der Waals surface area contributed by atoms with Crippen LogP contribution in [-0.4, -0.2) is 48.7 Å². The summed E-state index contributed by atoms with van der Waals surface area (Å²) in [5, 5.41) is 8.43. The fourth-order valence-electron chi connectivity index (χ4n) is 1.76. The van der Waals surface area contributed by atoms with E-state index < -0.39 is 16.0 Å². The Morgan fingerprint density at radius 3 is 2.75 bits per heavy atom. The predicted octanol–water partition coefficient (Wildman–Crippen LogP) is -0.396. The minimum absolute atomic E-state index is 0.0944. The number of sulfonamides is 1. The van der Waals surface area contributed by atoms with Crippen LogP contribution in [0.3, 0.4) is 0 Å². The first kappa shape index (κ1) is 13.4. The molecule has 6 nitrogen and oxygen atoms in total. The summed E-state index contributed by atoms with van der Waals surface area (Å²) < 4.78 is 25.0. The third-order valence-corrected chi connectivity index (χ3v) is 4.53. The maximum Gasteiger partial charge on any atom is 0.303 e. The molecule has 16 heavy (non-hydrogen) atoms. The van der Waals surface area contributed by atoms with Gasteiger partial charge in [0.05, 0.1) is 5.75 Å². The van der Waals surface area contributed by atoms with Crippen molar-refractivity contribution in [1.29, 1.82) is 0 Å². The number of aliphatic carboxylic acids is 1. The molecule has 0 amide bonds. The van der Waals surface area contributed by atoms with E-state index in [4.69, 9.17) is 10.8 Å². The number of piperidine rings is 1. The highest BCUT2D eigenvalue weighted by Gasteiger charge is 2.26. The molecule has 0 unspecified atom stereocenters. The summed E-state index contributed by atoms with van der Waals surface area (Å²) in [6.45, 7) is 0.860. The molecule has 0 radical (unpaired) electrons. The van der Waals surface area contributed by atoms with Gasteiger partial charge in [-0.25, -0.2) is 12.7 Å². The number of carbonyl (C=O) groups is 1. The third-order valence-electron chi connectivity index (χ3n) is 2.61. The standard InChI is InChI=1S/C9H18N2O4S/c10-8-3-1-5-11(7-8)16(14,15)6-2-4-9(12)13/h8H,1-7,10H2,(H,12,13)/t8-/m1/s1. The summed E-state index contributed by atoms with van der Waals surface area (Å²) >= 11 is 0. The van der Waals surface area contributed by atoms with Crippen molar-refractivity contribution >= 4 is 16.0 Å². The van der Waals surface area contributed by atoms with Gasteiger partial charge < -0.3 is 10.8 Å². The molecule has 1 atom stereocenters. The number of nitrogens with zero attached hydrogens (tertiary/aromatic N) is 1. The highest BCUT2D eigenvalue weighted by Crippen LogP contribution is 2.14. The summed E-state index contributed by atoms with van der Waals surface area (Å²) in [4.78, 5) is 10.3. The molecule has 94 valence electrons. The number of hydrogen-bond donors (Lipinski definition) is 2. The van der Waals surface area contributed by atoms with Crippen molar-refractivity contribution in [3.8, 4) is 0 Å². The molecule has 0 saturated carbocycles. The van der Waals surface area contributed by atoms with Gasteiger partial charge >= 0.3 is 5.97 Å². The molecular weight excluding hydrogens is 232 g/mol. The SMILES string of the molecule is N[C@@H]1CCCN(S(=O)(=O)CCCC(=O)O)C1. The van der Waals surface area contributed by atoms with Gasteiger partial charge in [0.2, 0.25) is 10.0 Å². The zero-order valence-electron chi connectivity index (χ0n) is 9.13. The van der Waals surface area contributed by atoms with E-state index in [1.54, 1.807) is 0 Å². The topological polar surface area (TPSA) is 101 Å². The van der Waals surface area contributed by atoms with Crippen LogP contribution in [0.1, 0.15) is 25.7 Å². The van der Waals surface area contributed by atoms with Gasteiger partial charge in [0, 0.05) is 25.6 Å². The fraction of sp³-hybridized carbons (Fsp3) is 0.889. The summed E-state index contributed by atoms with van der Waals surface area (Å²) in [6.07, 6.45) is 1.67. The molecule has 3 N–H and O–H groups in total. The lowest BCUT2D eigenvalue weighted by Gasteiger charge is -2.29. The van der Waals surface area contributed by atoms with Crippen LogP contribution in [0.25, 0.3) is 0 Å². The Labute approximate surface area is 95.5 Å². The van der Waals surface area contributed by atoms with E-state index in [1.165, 1.54) is 4.31 Å². The molecule has 0 aromatic carbocycles. The van der Waals surface area contributed by atoms with Gasteiger partial charge in [-0.05, 0) is 19.3 Å². The van der Waals surface area contributed by atoms with E-state index in [0.717, 1.165) is 12.8 Å². The van der Waals surface area contributed by atoms with Gasteiger partial charge in [0.15, 0.2) is 0 Å². The van der Waals surface area contributed by atoms with E-state index >= 15 is 0 Å². The maximum atomic E-state index is 11.8. The van der Waals surface area contributed by atoms with Gasteiger partial charge in [-0.1, -0.05) is 0 Å². The molecule has 1 saturated heterocycles. The number of carboxylic acid groups (broad SMARTS) is 1. The molecule has 0 aromatic heterocycles. The van der Waals surface area contributed by atoms with E-state index in [-0.39, 0.29) is 24.6 Å². The predicted molar refractivity (Wildman–Crippen MR) is 59.4 cm³/mol. The number of hydrogen-bond acceptors (Lipinski definition) is 4. The quantitative estimate of drug-likeness (QED) is 0.691. The van der Waals surface area contributed by atoms with Crippen LogP contribution >= 0.6 is 0 Å². The average Bonchev–Trinajstić information content (AvgIpc) is 2.16. The summed E-state index contributed by atoms with van der Waals surface area (Å²) in [7, 11) is -3.32. The highest BCUT2D eigenvalue weighted by atomic mass is 32.2. The van der Waals surface area contributed by atoms with Crippen LogP contribution < -0.4 is 5.73 Å². The maximum absolute atomic E-state index is 11.8. The van der Waals surface area contributed by atoms with Crippen LogP contribution in [0.4, 0.5) is 0 Å². The van der Waals surface area contributed by atoms with Gasteiger partial charge in [-0.2, -0.15) is 0 Å². The Morgan fingerprint density at radius 1 is 1.50 bits per heavy atom. The normalized spacial score (nSPS) is 23.2. The van der Waals surface area contributed by atoms with Crippen molar-refractivity contribution in [2.75, 3.05) is 18.8 Å². The monoisotopic (exact) mass is 250 g/mol. The van der Waals surface area contributed by atoms with Gasteiger partial charge in [0.1, 0.15) is 0 Å². The third kappa shape index (κ3) is 4.07. The van der Waals surface area contributed by atoms with Crippen molar-refractivity contribution in [2.24, 2.45) is 5.73 Å². The largest absolute Gasteiger partial charge is 0.481 e. The smallest absolute Gasteiger partial charge is 0.303 e. The van der Waals surface area contributed by atoms with E-state index in [9.17, 15) is 13.2 Å². The van der Waals surface area contributed by atoms with Crippen molar-refractivity contribution in [3.63, 3.8) is 0 Å². The second-order valence-electron chi connectivity index (χ2n) is 4.07. The summed E-state index contributed by atoms with van der Waals surface area (Å²) in [5.74, 6) is -1.07. The number of nitrogens with two attached hydrogens (primary N) is 1. The highest BCUT2D eigenvalue weighted by molar-refractivity contribution is 7.89. The molecular formula is C9H18N2O4S. The van der Waals surface area contributed by atoms with Crippen LogP contribution in [0.5, 0.6) is 0 Å². The van der Waals surface area contributed by atoms with Crippen molar-refractivity contribution in [3.05, 3.63) is 0 Å². The Balaban J connectivity index is 2.46. The van der Waals surface area contributed by atoms with Crippen LogP contribution in [0.15, 0.2) is 0 Å². The molecule has 1 aliphatic heterocycles. The minimum atomic E-state index is -3.32. The van der Waals surface area contributed by atoms with Crippen LogP contribution in [0.2, 0.25) is 0 Å². The molecule has 1 rings (SSSR count). The first-order chi connectivity index (χ1) is 7.42. The Bertz CT molecular complexity index is 341. The number of rotatable bonds is 5. The molecule has 0 aromatic rings. The first-order valence-electron chi connectivity index (χ1n) is 5.37. The van der Waals surface area contributed by atoms with Gasteiger partial charge in [-0.3, -0.25) is 4.79 Å². The van der Waals surface area contributed by atoms with Crippen molar-refractivity contribution < 1.29 is 18.3 Å². The Kier molecular flexibility index (Phi) is 4.69. The molecule has 0 spiro atoms. The Morgan fingerprint density at radius 2 is 2.19 bits per heavy atom. The lowest BCUT2D eigenvalue weighted by atomic mass is 10.1. The van der Waals surface area contributed by atoms with Crippen LogP contribution in [-0.2, 0) is 14.8 Å². The second-order valence-corrected chi connectivity index (χ2v) is 6.16. The van der Waals surface area contributed by atoms with E-state index in [1.807, 2.05) is 0 Å². The molecule has 0 bridgehead atoms. The first-order valence-corrected chi connectivity index (χ1v) is 6.98. The molecule has 7 heteroatoms. The zero-order valence-corrected chi connectivity index (χ0v) is 9.95. The summed E-state index contributed by atoms with van der Waals surface area (Å²) in [6, 6.07) is -0.0944. The minimum Gasteiger partial charge on any atom is -0.481 e. The Hall–Kier alpha value is -0.660. The number of carboxylic acids is 1. The average molecular weight is 250 g/mol. The molecule has 1 fully saturated rings. The van der Waals surface area contributed by atoms with Gasteiger partial charge in [-0.15, -0.1) is 0 Å². The van der Waals surface area contributed by atoms with Gasteiger partial charge in [0.25, 0.3) is 0 Å². The van der Waals surface area contributed by atoms with Crippen molar-refractivity contribution in [2.45, 2.75) is 31.7 Å². The molecule has 1 heterocycles. The molecule has 0 aliphatic carbocycles. The summed E-state index contributed by atoms with van der Waals surface area (Å²) in [5.41, 5.74) is 5.70. The lowest BCUT2D eigenvalue weighted by molar-refractivity contribution is -0.137.